The van der Waals surface area contributed by atoms with Gasteiger partial charge in [-0.15, -0.1) is 0 Å². The van der Waals surface area contributed by atoms with Crippen LogP contribution in [0.1, 0.15) is 12.1 Å². The Morgan fingerprint density at radius 1 is 1.65 bits per heavy atom. The van der Waals surface area contributed by atoms with E-state index in [1.165, 1.54) is 6.92 Å². The van der Waals surface area contributed by atoms with E-state index in [4.69, 9.17) is 5.11 Å². The van der Waals surface area contributed by atoms with Crippen LogP contribution in [0.3, 0.4) is 0 Å². The van der Waals surface area contributed by atoms with Gasteiger partial charge in [-0.05, 0) is 11.8 Å². The van der Waals surface area contributed by atoms with Crippen LogP contribution in [0.15, 0.2) is 6.07 Å². The van der Waals surface area contributed by atoms with Crippen molar-refractivity contribution in [2.24, 2.45) is 0 Å². The first-order valence-electron chi connectivity index (χ1n) is 4.62. The molecule has 0 unspecified atom stereocenters. The lowest BCUT2D eigenvalue weighted by Crippen LogP contribution is -2.24. The third kappa shape index (κ3) is 4.02. The second-order valence-corrected chi connectivity index (χ2v) is 3.56. The third-order valence-corrected chi connectivity index (χ3v) is 2.01. The second-order valence-electron chi connectivity index (χ2n) is 3.56. The van der Waals surface area contributed by atoms with Crippen molar-refractivity contribution in [1.82, 2.24) is 9.78 Å². The van der Waals surface area contributed by atoms with Gasteiger partial charge in [0.25, 0.3) is 0 Å². The van der Waals surface area contributed by atoms with Crippen molar-refractivity contribution in [2.75, 3.05) is 0 Å². The summed E-state index contributed by atoms with van der Waals surface area (Å²) < 4.78 is 36.8. The standard InChI is InChI=1S/C8H10F3N3O3/c1-5-2-7(14(16)17)12-13(5)4-6(15)3-8(9,10)11/h2,6,15H,3-4H2,1H3/t6-/m0/s1. The van der Waals surface area contributed by atoms with Crippen LogP contribution in [-0.2, 0) is 6.54 Å². The average Bonchev–Trinajstić information content (AvgIpc) is 2.44. The zero-order valence-corrected chi connectivity index (χ0v) is 8.81. The van der Waals surface area contributed by atoms with Crippen LogP contribution in [0.25, 0.3) is 0 Å². The number of rotatable bonds is 4. The Balaban J connectivity index is 2.71. The van der Waals surface area contributed by atoms with E-state index in [2.05, 4.69) is 5.10 Å². The molecular formula is C8H10F3N3O3. The fourth-order valence-corrected chi connectivity index (χ4v) is 1.30. The Morgan fingerprint density at radius 3 is 2.65 bits per heavy atom. The number of aromatic nitrogens is 2. The van der Waals surface area contributed by atoms with E-state index < -0.39 is 36.0 Å². The van der Waals surface area contributed by atoms with Crippen molar-refractivity contribution < 1.29 is 23.2 Å². The molecule has 0 bridgehead atoms. The fourth-order valence-electron chi connectivity index (χ4n) is 1.30. The Morgan fingerprint density at radius 2 is 2.24 bits per heavy atom. The quantitative estimate of drug-likeness (QED) is 0.649. The van der Waals surface area contributed by atoms with Crippen molar-refractivity contribution >= 4 is 5.82 Å². The highest BCUT2D eigenvalue weighted by Crippen LogP contribution is 2.22. The molecule has 0 radical (unpaired) electrons. The van der Waals surface area contributed by atoms with E-state index in [9.17, 15) is 23.3 Å². The highest BCUT2D eigenvalue weighted by molar-refractivity contribution is 5.20. The maximum Gasteiger partial charge on any atom is 0.391 e. The number of aliphatic hydroxyl groups excluding tert-OH is 1. The van der Waals surface area contributed by atoms with E-state index in [-0.39, 0.29) is 0 Å². The number of nitro groups is 1. The summed E-state index contributed by atoms with van der Waals surface area (Å²) in [5, 5.41) is 23.0. The highest BCUT2D eigenvalue weighted by atomic mass is 19.4. The number of halogens is 3. The number of aliphatic hydroxyl groups is 1. The SMILES string of the molecule is Cc1cc([N+](=O)[O-])nn1C[C@@H](O)CC(F)(F)F. The fraction of sp³-hybridized carbons (Fsp3) is 0.625. The van der Waals surface area contributed by atoms with Gasteiger partial charge in [-0.1, -0.05) is 0 Å². The summed E-state index contributed by atoms with van der Waals surface area (Å²) in [5.41, 5.74) is 0.318. The van der Waals surface area contributed by atoms with E-state index in [0.29, 0.717) is 5.69 Å². The third-order valence-electron chi connectivity index (χ3n) is 2.01. The Labute approximate surface area is 93.8 Å². The van der Waals surface area contributed by atoms with Crippen LogP contribution in [-0.4, -0.2) is 32.1 Å². The van der Waals surface area contributed by atoms with Gasteiger partial charge >= 0.3 is 12.0 Å². The maximum absolute atomic E-state index is 11.9. The van der Waals surface area contributed by atoms with E-state index in [1.54, 1.807) is 0 Å². The van der Waals surface area contributed by atoms with Crippen LogP contribution in [0.4, 0.5) is 19.0 Å². The second kappa shape index (κ2) is 4.70. The molecule has 0 aliphatic heterocycles. The average molecular weight is 253 g/mol. The monoisotopic (exact) mass is 253 g/mol. The Hall–Kier alpha value is -1.64. The molecule has 1 heterocycles. The smallest absolute Gasteiger partial charge is 0.391 e. The lowest BCUT2D eigenvalue weighted by atomic mass is 10.2. The molecule has 0 spiro atoms. The first-order valence-corrected chi connectivity index (χ1v) is 4.62. The topological polar surface area (TPSA) is 81.2 Å². The van der Waals surface area contributed by atoms with Crippen LogP contribution in [0.2, 0.25) is 0 Å². The summed E-state index contributed by atoms with van der Waals surface area (Å²) in [7, 11) is 0. The minimum absolute atomic E-state index is 0.318. The maximum atomic E-state index is 11.9. The lowest BCUT2D eigenvalue weighted by Gasteiger charge is -2.11. The molecule has 1 rings (SSSR count). The van der Waals surface area contributed by atoms with Crippen LogP contribution in [0, 0.1) is 17.0 Å². The molecule has 0 fully saturated rings. The van der Waals surface area contributed by atoms with Crippen LogP contribution >= 0.6 is 0 Å². The predicted molar refractivity (Wildman–Crippen MR) is 50.3 cm³/mol. The molecular weight excluding hydrogens is 243 g/mol. The minimum Gasteiger partial charge on any atom is -0.391 e. The minimum atomic E-state index is -4.48. The summed E-state index contributed by atoms with van der Waals surface area (Å²) in [5.74, 6) is -0.457. The molecule has 1 aromatic rings. The molecule has 1 atom stereocenters. The molecule has 6 nitrogen and oxygen atoms in total. The Kier molecular flexibility index (Phi) is 3.71. The summed E-state index contributed by atoms with van der Waals surface area (Å²) in [6.45, 7) is 1.03. The molecule has 0 aliphatic carbocycles. The van der Waals surface area contributed by atoms with Crippen molar-refractivity contribution in [3.05, 3.63) is 21.9 Å². The normalized spacial score (nSPS) is 13.7. The summed E-state index contributed by atoms with van der Waals surface area (Å²) in [6, 6.07) is 1.13. The van der Waals surface area contributed by atoms with E-state index in [0.717, 1.165) is 10.7 Å². The molecule has 17 heavy (non-hydrogen) atoms. The molecule has 96 valence electrons. The van der Waals surface area contributed by atoms with Gasteiger partial charge in [0.2, 0.25) is 0 Å². The van der Waals surface area contributed by atoms with Crippen LogP contribution in [0.5, 0.6) is 0 Å². The van der Waals surface area contributed by atoms with Gasteiger partial charge in [0, 0.05) is 0 Å². The molecule has 0 saturated heterocycles. The van der Waals surface area contributed by atoms with Crippen LogP contribution < -0.4 is 0 Å². The number of hydrogen-bond acceptors (Lipinski definition) is 4. The van der Waals surface area contributed by atoms with Crippen molar-refractivity contribution in [2.45, 2.75) is 32.2 Å². The summed E-state index contributed by atoms with van der Waals surface area (Å²) in [4.78, 5) is 9.62. The Bertz CT molecular complexity index is 416. The van der Waals surface area contributed by atoms with Gasteiger partial charge in [-0.3, -0.25) is 0 Å². The summed E-state index contributed by atoms with van der Waals surface area (Å²) >= 11 is 0. The number of aryl methyl sites for hydroxylation is 1. The number of hydrogen-bond donors (Lipinski definition) is 1. The van der Waals surface area contributed by atoms with E-state index in [1.807, 2.05) is 0 Å². The van der Waals surface area contributed by atoms with Gasteiger partial charge in [-0.25, -0.2) is 0 Å². The van der Waals surface area contributed by atoms with E-state index >= 15 is 0 Å². The van der Waals surface area contributed by atoms with Gasteiger partial charge in [0.15, 0.2) is 0 Å². The number of alkyl halides is 3. The van der Waals surface area contributed by atoms with Crippen molar-refractivity contribution in [3.63, 3.8) is 0 Å². The molecule has 9 heteroatoms. The predicted octanol–water partition coefficient (Wildman–Crippen LogP) is 1.41. The first-order chi connectivity index (χ1) is 7.69. The molecule has 0 saturated carbocycles. The molecule has 0 aliphatic rings. The summed E-state index contributed by atoms with van der Waals surface area (Å²) in [6.07, 6.45) is -7.53. The van der Waals surface area contributed by atoms with Crippen molar-refractivity contribution in [1.29, 1.82) is 0 Å². The van der Waals surface area contributed by atoms with Gasteiger partial charge in [-0.2, -0.15) is 17.9 Å². The first kappa shape index (κ1) is 13.4. The zero-order chi connectivity index (χ0) is 13.2. The number of nitrogens with zero attached hydrogens (tertiary/aromatic N) is 3. The van der Waals surface area contributed by atoms with Gasteiger partial charge in [0.1, 0.15) is 0 Å². The molecule has 1 aromatic heterocycles. The molecule has 0 amide bonds. The van der Waals surface area contributed by atoms with Gasteiger partial charge < -0.3 is 15.2 Å². The molecule has 1 N–H and O–H groups in total. The zero-order valence-electron chi connectivity index (χ0n) is 8.81. The highest BCUT2D eigenvalue weighted by Gasteiger charge is 2.32. The van der Waals surface area contributed by atoms with Gasteiger partial charge in [0.05, 0.1) is 35.9 Å². The largest absolute Gasteiger partial charge is 0.391 e. The molecule has 0 aromatic carbocycles. The van der Waals surface area contributed by atoms with Crippen molar-refractivity contribution in [3.8, 4) is 0 Å². The lowest BCUT2D eigenvalue weighted by molar-refractivity contribution is -0.389.